The number of sulfonamides is 1. The maximum atomic E-state index is 12.9. The molecule has 0 aromatic heterocycles. The Hall–Kier alpha value is -1.53. The average Bonchev–Trinajstić information content (AvgIpc) is 2.48. The Balaban J connectivity index is 2.49. The minimum absolute atomic E-state index is 0.113. The van der Waals surface area contributed by atoms with Crippen molar-refractivity contribution >= 4 is 31.6 Å². The molecular weight excluding hydrogens is 390 g/mol. The third-order valence-electron chi connectivity index (χ3n) is 3.47. The van der Waals surface area contributed by atoms with Gasteiger partial charge in [0, 0.05) is 4.47 Å². The highest BCUT2D eigenvalue weighted by Crippen LogP contribution is 2.33. The molecular formula is C18H22BrNO3S. The van der Waals surface area contributed by atoms with Gasteiger partial charge < -0.3 is 4.74 Å². The van der Waals surface area contributed by atoms with Crippen LogP contribution < -0.4 is 9.46 Å². The number of benzene rings is 2. The maximum Gasteiger partial charge on any atom is 0.265 e. The summed E-state index contributed by atoms with van der Waals surface area (Å²) in [6, 6.07) is 12.4. The van der Waals surface area contributed by atoms with Crippen molar-refractivity contribution in [1.29, 1.82) is 0 Å². The van der Waals surface area contributed by atoms with Crippen LogP contribution in [-0.2, 0) is 15.4 Å². The van der Waals surface area contributed by atoms with Crippen molar-refractivity contribution in [2.75, 3.05) is 11.3 Å². The molecule has 0 atom stereocenters. The number of rotatable bonds is 5. The molecule has 0 fully saturated rings. The standard InChI is InChI=1S/C18H22BrNO3S/c1-5-23-16-11-10-13(19)12-17(16)24(21,22)20-15-9-7-6-8-14(15)18(2,3)4/h6-12,20H,5H2,1-4H3. The molecule has 0 saturated carbocycles. The summed E-state index contributed by atoms with van der Waals surface area (Å²) in [4.78, 5) is 0.113. The third kappa shape index (κ3) is 4.30. The van der Waals surface area contributed by atoms with E-state index >= 15 is 0 Å². The van der Waals surface area contributed by atoms with E-state index in [2.05, 4.69) is 20.7 Å². The normalized spacial score (nSPS) is 12.0. The van der Waals surface area contributed by atoms with Crippen LogP contribution >= 0.6 is 15.9 Å². The van der Waals surface area contributed by atoms with E-state index in [9.17, 15) is 8.42 Å². The second-order valence-electron chi connectivity index (χ2n) is 6.43. The van der Waals surface area contributed by atoms with Gasteiger partial charge in [0.2, 0.25) is 0 Å². The molecule has 24 heavy (non-hydrogen) atoms. The van der Waals surface area contributed by atoms with Gasteiger partial charge in [-0.15, -0.1) is 0 Å². The first-order chi connectivity index (χ1) is 11.1. The van der Waals surface area contributed by atoms with E-state index < -0.39 is 10.0 Å². The Morgan fingerprint density at radius 1 is 1.12 bits per heavy atom. The van der Waals surface area contributed by atoms with Gasteiger partial charge >= 0.3 is 0 Å². The molecule has 6 heteroatoms. The van der Waals surface area contributed by atoms with E-state index in [1.54, 1.807) is 24.3 Å². The fourth-order valence-corrected chi connectivity index (χ4v) is 4.16. The molecule has 4 nitrogen and oxygen atoms in total. The minimum atomic E-state index is -3.78. The van der Waals surface area contributed by atoms with Gasteiger partial charge in [0.05, 0.1) is 12.3 Å². The van der Waals surface area contributed by atoms with E-state index in [-0.39, 0.29) is 10.3 Å². The average molecular weight is 412 g/mol. The number of ether oxygens (including phenoxy) is 1. The first kappa shape index (κ1) is 18.8. The fraction of sp³-hybridized carbons (Fsp3) is 0.333. The molecule has 0 bridgehead atoms. The predicted molar refractivity (Wildman–Crippen MR) is 101 cm³/mol. The highest BCUT2D eigenvalue weighted by molar-refractivity contribution is 9.10. The van der Waals surface area contributed by atoms with Crippen LogP contribution in [0.1, 0.15) is 33.3 Å². The van der Waals surface area contributed by atoms with Gasteiger partial charge in [0.1, 0.15) is 10.6 Å². The third-order valence-corrected chi connectivity index (χ3v) is 5.35. The summed E-state index contributed by atoms with van der Waals surface area (Å²) in [7, 11) is -3.78. The van der Waals surface area contributed by atoms with Gasteiger partial charge in [-0.2, -0.15) is 0 Å². The van der Waals surface area contributed by atoms with E-state index in [1.807, 2.05) is 45.9 Å². The van der Waals surface area contributed by atoms with E-state index in [1.165, 1.54) is 0 Å². The number of anilines is 1. The summed E-state index contributed by atoms with van der Waals surface area (Å²) >= 11 is 3.32. The monoisotopic (exact) mass is 411 g/mol. The van der Waals surface area contributed by atoms with Gasteiger partial charge in [0.15, 0.2) is 0 Å². The Kier molecular flexibility index (Phi) is 5.60. The molecule has 2 aromatic rings. The Bertz CT molecular complexity index is 826. The number of nitrogens with one attached hydrogen (secondary N) is 1. The van der Waals surface area contributed by atoms with E-state index in [4.69, 9.17) is 4.74 Å². The van der Waals surface area contributed by atoms with Crippen LogP contribution in [0.15, 0.2) is 51.8 Å². The summed E-state index contributed by atoms with van der Waals surface area (Å²) in [6.07, 6.45) is 0. The van der Waals surface area contributed by atoms with Crippen LogP contribution in [0.2, 0.25) is 0 Å². The van der Waals surface area contributed by atoms with Crippen molar-refractivity contribution in [1.82, 2.24) is 0 Å². The molecule has 0 amide bonds. The lowest BCUT2D eigenvalue weighted by atomic mass is 9.86. The summed E-state index contributed by atoms with van der Waals surface area (Å²) < 4.78 is 34.7. The number of hydrogen-bond acceptors (Lipinski definition) is 3. The molecule has 0 saturated heterocycles. The molecule has 0 radical (unpaired) electrons. The first-order valence-electron chi connectivity index (χ1n) is 7.70. The maximum absolute atomic E-state index is 12.9. The van der Waals surface area contributed by atoms with Gasteiger partial charge in [-0.3, -0.25) is 4.72 Å². The van der Waals surface area contributed by atoms with Gasteiger partial charge in [-0.05, 0) is 42.2 Å². The summed E-state index contributed by atoms with van der Waals surface area (Å²) in [5, 5.41) is 0. The van der Waals surface area contributed by atoms with Crippen LogP contribution in [0, 0.1) is 0 Å². The SMILES string of the molecule is CCOc1ccc(Br)cc1S(=O)(=O)Nc1ccccc1C(C)(C)C. The summed E-state index contributed by atoms with van der Waals surface area (Å²) in [5.74, 6) is 0.335. The zero-order valence-corrected chi connectivity index (χ0v) is 16.7. The molecule has 0 unspecified atom stereocenters. The lowest BCUT2D eigenvalue weighted by Crippen LogP contribution is -2.19. The summed E-state index contributed by atoms with van der Waals surface area (Å²) in [5.41, 5.74) is 1.33. The predicted octanol–water partition coefficient (Wildman–Crippen LogP) is 4.95. The number of hydrogen-bond donors (Lipinski definition) is 1. The largest absolute Gasteiger partial charge is 0.492 e. The molecule has 0 aliphatic carbocycles. The highest BCUT2D eigenvalue weighted by Gasteiger charge is 2.24. The zero-order valence-electron chi connectivity index (χ0n) is 14.3. The number of halogens is 1. The van der Waals surface area contributed by atoms with Crippen molar-refractivity contribution in [3.05, 3.63) is 52.5 Å². The summed E-state index contributed by atoms with van der Waals surface area (Å²) in [6.45, 7) is 8.35. The molecule has 0 spiro atoms. The molecule has 2 rings (SSSR count). The number of para-hydroxylation sites is 1. The van der Waals surface area contributed by atoms with Crippen molar-refractivity contribution < 1.29 is 13.2 Å². The topological polar surface area (TPSA) is 55.4 Å². The molecule has 2 aromatic carbocycles. The van der Waals surface area contributed by atoms with Crippen LogP contribution in [0.4, 0.5) is 5.69 Å². The highest BCUT2D eigenvalue weighted by atomic mass is 79.9. The molecule has 130 valence electrons. The fourth-order valence-electron chi connectivity index (χ4n) is 2.39. The first-order valence-corrected chi connectivity index (χ1v) is 9.97. The van der Waals surface area contributed by atoms with Crippen LogP contribution in [-0.4, -0.2) is 15.0 Å². The van der Waals surface area contributed by atoms with Crippen molar-refractivity contribution in [3.8, 4) is 5.75 Å². The van der Waals surface area contributed by atoms with Crippen molar-refractivity contribution in [2.24, 2.45) is 0 Å². The molecule has 0 heterocycles. The Morgan fingerprint density at radius 2 is 1.79 bits per heavy atom. The van der Waals surface area contributed by atoms with Crippen LogP contribution in [0.25, 0.3) is 0 Å². The van der Waals surface area contributed by atoms with Crippen molar-refractivity contribution in [3.63, 3.8) is 0 Å². The van der Waals surface area contributed by atoms with Gasteiger partial charge in [-0.1, -0.05) is 54.9 Å². The molecule has 0 aliphatic rings. The second-order valence-corrected chi connectivity index (χ2v) is 8.99. The second kappa shape index (κ2) is 7.15. The van der Waals surface area contributed by atoms with Gasteiger partial charge in [-0.25, -0.2) is 8.42 Å². The van der Waals surface area contributed by atoms with Crippen molar-refractivity contribution in [2.45, 2.75) is 38.0 Å². The van der Waals surface area contributed by atoms with Crippen LogP contribution in [0.3, 0.4) is 0 Å². The quantitative estimate of drug-likeness (QED) is 0.757. The van der Waals surface area contributed by atoms with E-state index in [0.717, 1.165) is 5.56 Å². The zero-order chi connectivity index (χ0) is 18.0. The molecule has 0 aliphatic heterocycles. The minimum Gasteiger partial charge on any atom is -0.492 e. The smallest absolute Gasteiger partial charge is 0.265 e. The van der Waals surface area contributed by atoms with Crippen LogP contribution in [0.5, 0.6) is 5.75 Å². The lowest BCUT2D eigenvalue weighted by Gasteiger charge is -2.23. The lowest BCUT2D eigenvalue weighted by molar-refractivity contribution is 0.331. The van der Waals surface area contributed by atoms with Gasteiger partial charge in [0.25, 0.3) is 10.0 Å². The van der Waals surface area contributed by atoms with E-state index in [0.29, 0.717) is 22.5 Å². The Morgan fingerprint density at radius 3 is 2.42 bits per heavy atom. The molecule has 1 N–H and O–H groups in total. The Labute approximate surface area is 152 Å².